The van der Waals surface area contributed by atoms with Crippen LogP contribution in [0.1, 0.15) is 56.7 Å². The van der Waals surface area contributed by atoms with Crippen LogP contribution in [0.4, 0.5) is 0 Å². The van der Waals surface area contributed by atoms with E-state index in [1.807, 2.05) is 13.0 Å². The number of nitrogens with one attached hydrogen (secondary N) is 2. The van der Waals surface area contributed by atoms with Gasteiger partial charge in [0.2, 0.25) is 5.43 Å². The number of aromatic amines is 1. The first-order chi connectivity index (χ1) is 13.1. The van der Waals surface area contributed by atoms with E-state index < -0.39 is 0 Å². The highest BCUT2D eigenvalue weighted by atomic mass is 35.5. The van der Waals surface area contributed by atoms with Gasteiger partial charge in [0.05, 0.1) is 16.1 Å². The summed E-state index contributed by atoms with van der Waals surface area (Å²) in [7, 11) is 0. The number of unbranched alkanes of at least 4 members (excludes halogenated alkanes) is 2. The minimum Gasteiger partial charge on any atom is -0.490 e. The maximum absolute atomic E-state index is 12.8. The van der Waals surface area contributed by atoms with Crippen molar-refractivity contribution >= 4 is 22.5 Å². The van der Waals surface area contributed by atoms with E-state index in [0.29, 0.717) is 34.4 Å². The van der Waals surface area contributed by atoms with Gasteiger partial charge in [0.15, 0.2) is 0 Å². The molecule has 5 heteroatoms. The lowest BCUT2D eigenvalue weighted by Gasteiger charge is -2.23. The van der Waals surface area contributed by atoms with Crippen molar-refractivity contribution < 1.29 is 4.74 Å². The topological polar surface area (TPSA) is 54.1 Å². The lowest BCUT2D eigenvalue weighted by molar-refractivity contribution is 0.239. The van der Waals surface area contributed by atoms with E-state index in [-0.39, 0.29) is 5.43 Å². The van der Waals surface area contributed by atoms with Crippen LogP contribution in [0.15, 0.2) is 16.9 Å². The van der Waals surface area contributed by atoms with Crippen molar-refractivity contribution in [1.29, 1.82) is 0 Å². The Morgan fingerprint density at radius 3 is 2.93 bits per heavy atom. The smallest absolute Gasteiger partial charge is 0.205 e. The average molecular weight is 387 g/mol. The van der Waals surface area contributed by atoms with Gasteiger partial charge in [0, 0.05) is 29.6 Å². The Kier molecular flexibility index (Phi) is 6.82. The van der Waals surface area contributed by atoms with Crippen molar-refractivity contribution in [3.05, 3.63) is 38.6 Å². The molecule has 1 aliphatic heterocycles. The van der Waals surface area contributed by atoms with Gasteiger partial charge in [0.25, 0.3) is 0 Å². The largest absolute Gasteiger partial charge is 0.490 e. The molecule has 2 heterocycles. The number of piperidine rings is 1. The highest BCUT2D eigenvalue weighted by Gasteiger charge is 2.15. The zero-order chi connectivity index (χ0) is 19.2. The van der Waals surface area contributed by atoms with Gasteiger partial charge in [-0.2, -0.15) is 0 Å². The summed E-state index contributed by atoms with van der Waals surface area (Å²) in [6.45, 7) is 5.62. The number of hydrogen-bond acceptors (Lipinski definition) is 3. The van der Waals surface area contributed by atoms with Crippen LogP contribution >= 0.6 is 11.6 Å². The number of halogens is 1. The Morgan fingerprint density at radius 1 is 1.33 bits per heavy atom. The molecule has 1 aliphatic rings. The van der Waals surface area contributed by atoms with Gasteiger partial charge in [-0.15, -0.1) is 0 Å². The first-order valence-electron chi connectivity index (χ1n) is 9.81. The molecule has 0 aliphatic carbocycles. The van der Waals surface area contributed by atoms with E-state index in [1.165, 1.54) is 12.8 Å². The number of aryl methyl sites for hydroxylation is 1. The lowest BCUT2D eigenvalue weighted by atomic mass is 10.1. The molecule has 1 aromatic carbocycles. The molecular formula is C22H27ClN2O2. The van der Waals surface area contributed by atoms with Crippen LogP contribution in [0.2, 0.25) is 5.02 Å². The fourth-order valence-electron chi connectivity index (χ4n) is 3.35. The molecular weight excluding hydrogens is 360 g/mol. The average Bonchev–Trinajstić information content (AvgIpc) is 2.67. The van der Waals surface area contributed by atoms with Crippen LogP contribution in [-0.4, -0.2) is 24.2 Å². The number of H-pyrrole nitrogens is 1. The Morgan fingerprint density at radius 2 is 2.19 bits per heavy atom. The molecule has 27 heavy (non-hydrogen) atoms. The fraction of sp³-hybridized carbons (Fsp3) is 0.500. The van der Waals surface area contributed by atoms with E-state index >= 15 is 0 Å². The van der Waals surface area contributed by atoms with Gasteiger partial charge < -0.3 is 15.0 Å². The summed E-state index contributed by atoms with van der Waals surface area (Å²) in [4.78, 5) is 16.1. The summed E-state index contributed by atoms with van der Waals surface area (Å²) < 4.78 is 5.94. The van der Waals surface area contributed by atoms with Crippen LogP contribution in [0, 0.1) is 18.8 Å². The molecule has 1 saturated heterocycles. The second-order valence-corrected chi connectivity index (χ2v) is 7.55. The first kappa shape index (κ1) is 19.8. The maximum Gasteiger partial charge on any atom is 0.205 e. The van der Waals surface area contributed by atoms with Crippen molar-refractivity contribution in [3.63, 3.8) is 0 Å². The van der Waals surface area contributed by atoms with Crippen LogP contribution in [0.5, 0.6) is 5.75 Å². The fourth-order valence-corrected chi connectivity index (χ4v) is 3.57. The standard InChI is InChI=1S/C22H27ClN2O2/c1-3-4-5-6-10-17-15(2)25-20-13-21(19(23)12-18(20)22(17)26)27-14-16-9-7-8-11-24-16/h12-13,16,24H,3-5,7-9,11,14H2,1-2H3,(H,25,26). The van der Waals surface area contributed by atoms with E-state index in [4.69, 9.17) is 16.3 Å². The van der Waals surface area contributed by atoms with Gasteiger partial charge in [-0.25, -0.2) is 0 Å². The molecule has 3 rings (SSSR count). The third-order valence-corrected chi connectivity index (χ3v) is 5.26. The Labute approximate surface area is 165 Å². The normalized spacial score (nSPS) is 16.8. The molecule has 144 valence electrons. The monoisotopic (exact) mass is 386 g/mol. The quantitative estimate of drug-likeness (QED) is 0.585. The highest BCUT2D eigenvalue weighted by molar-refractivity contribution is 6.32. The number of rotatable bonds is 5. The number of pyridine rings is 1. The molecule has 1 atom stereocenters. The highest BCUT2D eigenvalue weighted by Crippen LogP contribution is 2.29. The van der Waals surface area contributed by atoms with E-state index in [1.54, 1.807) is 6.07 Å². The maximum atomic E-state index is 12.8. The molecule has 1 unspecified atom stereocenters. The van der Waals surface area contributed by atoms with Crippen molar-refractivity contribution in [1.82, 2.24) is 10.3 Å². The molecule has 1 fully saturated rings. The Hall–Kier alpha value is -1.96. The molecule has 0 saturated carbocycles. The van der Waals surface area contributed by atoms with Crippen molar-refractivity contribution in [2.45, 2.75) is 58.4 Å². The number of benzene rings is 1. The lowest BCUT2D eigenvalue weighted by Crippen LogP contribution is -2.38. The van der Waals surface area contributed by atoms with E-state index in [9.17, 15) is 4.79 Å². The van der Waals surface area contributed by atoms with Gasteiger partial charge >= 0.3 is 0 Å². The SMILES string of the molecule is CCCCC#Cc1c(C)[nH]c2cc(OCC3CCCCN3)c(Cl)cc2c1=O. The zero-order valence-corrected chi connectivity index (χ0v) is 16.8. The third-order valence-electron chi connectivity index (χ3n) is 4.96. The Balaban J connectivity index is 1.86. The summed E-state index contributed by atoms with van der Waals surface area (Å²) in [5.41, 5.74) is 1.95. The summed E-state index contributed by atoms with van der Waals surface area (Å²) in [6, 6.07) is 3.87. The Bertz CT molecular complexity index is 918. The van der Waals surface area contributed by atoms with Crippen LogP contribution in [0.3, 0.4) is 0 Å². The second-order valence-electron chi connectivity index (χ2n) is 7.15. The second kappa shape index (κ2) is 9.30. The molecule has 0 radical (unpaired) electrons. The zero-order valence-electron chi connectivity index (χ0n) is 16.1. The predicted octanol–water partition coefficient (Wildman–Crippen LogP) is 4.55. The molecule has 0 amide bonds. The third kappa shape index (κ3) is 4.86. The summed E-state index contributed by atoms with van der Waals surface area (Å²) in [5, 5.41) is 4.46. The van der Waals surface area contributed by atoms with Gasteiger partial charge in [-0.3, -0.25) is 4.79 Å². The minimum absolute atomic E-state index is 0.0763. The number of hydrogen-bond donors (Lipinski definition) is 2. The minimum atomic E-state index is -0.0763. The summed E-state index contributed by atoms with van der Waals surface area (Å²) >= 11 is 6.40. The molecule has 2 N–H and O–H groups in total. The number of aromatic nitrogens is 1. The van der Waals surface area contributed by atoms with Crippen LogP contribution in [0.25, 0.3) is 10.9 Å². The molecule has 0 spiro atoms. The molecule has 2 aromatic rings. The van der Waals surface area contributed by atoms with Gasteiger partial charge in [0.1, 0.15) is 12.4 Å². The van der Waals surface area contributed by atoms with Crippen molar-refractivity contribution in [2.75, 3.05) is 13.2 Å². The first-order valence-corrected chi connectivity index (χ1v) is 10.2. The molecule has 1 aromatic heterocycles. The predicted molar refractivity (Wildman–Crippen MR) is 112 cm³/mol. The number of ether oxygens (including phenoxy) is 1. The van der Waals surface area contributed by atoms with Crippen molar-refractivity contribution in [2.24, 2.45) is 0 Å². The molecule has 4 nitrogen and oxygen atoms in total. The number of fused-ring (bicyclic) bond motifs is 1. The van der Waals surface area contributed by atoms with Crippen LogP contribution in [-0.2, 0) is 0 Å². The molecule has 0 bridgehead atoms. The van der Waals surface area contributed by atoms with Crippen LogP contribution < -0.4 is 15.5 Å². The van der Waals surface area contributed by atoms with Gasteiger partial charge in [-0.05, 0) is 38.8 Å². The van der Waals surface area contributed by atoms with Crippen molar-refractivity contribution in [3.8, 4) is 17.6 Å². The van der Waals surface area contributed by atoms with Gasteiger partial charge in [-0.1, -0.05) is 43.2 Å². The summed E-state index contributed by atoms with van der Waals surface area (Å²) in [6.07, 6.45) is 6.49. The summed E-state index contributed by atoms with van der Waals surface area (Å²) in [5.74, 6) is 6.74. The van der Waals surface area contributed by atoms with E-state index in [0.717, 1.165) is 43.4 Å². The van der Waals surface area contributed by atoms with E-state index in [2.05, 4.69) is 29.1 Å².